The van der Waals surface area contributed by atoms with E-state index >= 15 is 0 Å². The molecule has 1 aliphatic rings. The fraction of sp³-hybridized carbons (Fsp3) is 0.0323. The van der Waals surface area contributed by atoms with Gasteiger partial charge in [-0.25, -0.2) is 0 Å². The predicted octanol–water partition coefficient (Wildman–Crippen LogP) is 8.15. The van der Waals surface area contributed by atoms with E-state index in [-0.39, 0.29) is 0 Å². The van der Waals surface area contributed by atoms with E-state index in [1.807, 2.05) is 0 Å². The van der Waals surface area contributed by atoms with Crippen LogP contribution in [-0.2, 0) is 0 Å². The zero-order chi connectivity index (χ0) is 21.1. The Morgan fingerprint density at radius 1 is 0.469 bits per heavy atom. The smallest absolute Gasteiger partial charge is 0.0465 e. The largest absolute Gasteiger partial charge is 0.355 e. The summed E-state index contributed by atoms with van der Waals surface area (Å²) in [6.07, 6.45) is 0. The van der Waals surface area contributed by atoms with Crippen LogP contribution in [0.4, 0.5) is 0 Å². The maximum atomic E-state index is 3.54. The molecule has 0 fully saturated rings. The molecule has 0 saturated heterocycles. The van der Waals surface area contributed by atoms with E-state index in [1.54, 1.807) is 0 Å². The second-order valence-corrected chi connectivity index (χ2v) is 8.66. The summed E-state index contributed by atoms with van der Waals surface area (Å²) in [5.41, 5.74) is 11.8. The molecule has 0 aliphatic heterocycles. The van der Waals surface area contributed by atoms with Crippen molar-refractivity contribution in [3.63, 3.8) is 0 Å². The minimum absolute atomic E-state index is 0.299. The van der Waals surface area contributed by atoms with Crippen molar-refractivity contribution in [1.82, 2.24) is 4.98 Å². The summed E-state index contributed by atoms with van der Waals surface area (Å²) in [5.74, 6) is 0.299. The summed E-state index contributed by atoms with van der Waals surface area (Å²) in [7, 11) is 0. The molecule has 5 aromatic carbocycles. The van der Waals surface area contributed by atoms with Gasteiger partial charge in [-0.1, -0.05) is 91.0 Å². The van der Waals surface area contributed by atoms with E-state index in [0.717, 1.165) is 0 Å². The minimum Gasteiger partial charge on any atom is -0.355 e. The third-order valence-electron chi connectivity index (χ3n) is 6.90. The van der Waals surface area contributed by atoms with Crippen LogP contribution in [0, 0.1) is 0 Å². The van der Waals surface area contributed by atoms with Crippen LogP contribution in [0.25, 0.3) is 44.1 Å². The molecule has 1 aliphatic carbocycles. The Bertz CT molecular complexity index is 1620. The number of nitrogens with one attached hydrogen (secondary N) is 1. The fourth-order valence-corrected chi connectivity index (χ4v) is 5.41. The maximum absolute atomic E-state index is 3.54. The first-order chi connectivity index (χ1) is 15.9. The summed E-state index contributed by atoms with van der Waals surface area (Å²) in [6, 6.07) is 42.0. The summed E-state index contributed by atoms with van der Waals surface area (Å²) >= 11 is 0. The molecule has 1 heteroatoms. The Balaban J connectivity index is 1.41. The molecular formula is C31H21N. The Morgan fingerprint density at radius 3 is 2.09 bits per heavy atom. The average molecular weight is 408 g/mol. The van der Waals surface area contributed by atoms with Gasteiger partial charge in [-0.3, -0.25) is 0 Å². The molecule has 32 heavy (non-hydrogen) atoms. The lowest BCUT2D eigenvalue weighted by Gasteiger charge is -2.14. The number of rotatable bonds is 2. The van der Waals surface area contributed by atoms with Gasteiger partial charge < -0.3 is 4.98 Å². The number of aromatic amines is 1. The van der Waals surface area contributed by atoms with Crippen molar-refractivity contribution in [3.05, 3.63) is 132 Å². The van der Waals surface area contributed by atoms with Crippen molar-refractivity contribution in [3.8, 4) is 22.3 Å². The van der Waals surface area contributed by atoms with Crippen molar-refractivity contribution in [2.24, 2.45) is 0 Å². The maximum Gasteiger partial charge on any atom is 0.0465 e. The first-order valence-electron chi connectivity index (χ1n) is 11.2. The van der Waals surface area contributed by atoms with Gasteiger partial charge in [0.05, 0.1) is 0 Å². The molecular weight excluding hydrogens is 386 g/mol. The summed E-state index contributed by atoms with van der Waals surface area (Å²) in [5, 5.41) is 2.56. The topological polar surface area (TPSA) is 15.8 Å². The molecule has 0 radical (unpaired) electrons. The molecule has 0 saturated carbocycles. The number of para-hydroxylation sites is 1. The van der Waals surface area contributed by atoms with E-state index in [0.29, 0.717) is 5.92 Å². The van der Waals surface area contributed by atoms with Crippen LogP contribution in [-0.4, -0.2) is 4.98 Å². The highest BCUT2D eigenvalue weighted by Crippen LogP contribution is 2.49. The highest BCUT2D eigenvalue weighted by Gasteiger charge is 2.29. The van der Waals surface area contributed by atoms with E-state index in [4.69, 9.17) is 0 Å². The van der Waals surface area contributed by atoms with Crippen LogP contribution in [0.5, 0.6) is 0 Å². The van der Waals surface area contributed by atoms with Crippen molar-refractivity contribution < 1.29 is 0 Å². The van der Waals surface area contributed by atoms with Gasteiger partial charge in [-0.15, -0.1) is 0 Å². The molecule has 6 aromatic rings. The van der Waals surface area contributed by atoms with E-state index in [1.165, 1.54) is 60.8 Å². The zero-order valence-electron chi connectivity index (χ0n) is 17.5. The number of benzene rings is 5. The highest BCUT2D eigenvalue weighted by molar-refractivity contribution is 6.08. The molecule has 0 spiro atoms. The number of fused-ring (bicyclic) bond motifs is 6. The summed E-state index contributed by atoms with van der Waals surface area (Å²) in [4.78, 5) is 3.54. The van der Waals surface area contributed by atoms with Crippen LogP contribution >= 0.6 is 0 Å². The molecule has 1 heterocycles. The molecule has 0 amide bonds. The van der Waals surface area contributed by atoms with Crippen LogP contribution in [0.2, 0.25) is 0 Å². The van der Waals surface area contributed by atoms with Gasteiger partial charge in [-0.2, -0.15) is 0 Å². The monoisotopic (exact) mass is 407 g/mol. The Hall–Kier alpha value is -4.10. The van der Waals surface area contributed by atoms with Gasteiger partial charge in [0.25, 0.3) is 0 Å². The molecule has 1 N–H and O–H groups in total. The van der Waals surface area contributed by atoms with Crippen LogP contribution in [0.3, 0.4) is 0 Å². The lowest BCUT2D eigenvalue weighted by Crippen LogP contribution is -1.98. The van der Waals surface area contributed by atoms with Gasteiger partial charge in [0.1, 0.15) is 0 Å². The van der Waals surface area contributed by atoms with Crippen molar-refractivity contribution in [2.45, 2.75) is 5.92 Å². The molecule has 1 atom stereocenters. The Kier molecular flexibility index (Phi) is 3.68. The molecule has 1 nitrogen and oxygen atoms in total. The normalized spacial score (nSPS) is 14.6. The minimum atomic E-state index is 0.299. The zero-order valence-corrected chi connectivity index (χ0v) is 17.5. The van der Waals surface area contributed by atoms with Crippen molar-refractivity contribution in [2.75, 3.05) is 0 Å². The van der Waals surface area contributed by atoms with E-state index in [2.05, 4.69) is 120 Å². The average Bonchev–Trinajstić information content (AvgIpc) is 3.39. The Labute approximate surface area is 187 Å². The first kappa shape index (κ1) is 17.6. The SMILES string of the molecule is c1ccc(C2c3ccccc3-c3cc(-c4ccc5[nH]c6ccccc6c5c4)ccc32)cc1. The molecule has 0 bridgehead atoms. The number of H-pyrrole nitrogens is 1. The van der Waals surface area contributed by atoms with Crippen molar-refractivity contribution >= 4 is 21.8 Å². The van der Waals surface area contributed by atoms with Gasteiger partial charge in [0.2, 0.25) is 0 Å². The van der Waals surface area contributed by atoms with Crippen molar-refractivity contribution in [1.29, 1.82) is 0 Å². The lowest BCUT2D eigenvalue weighted by atomic mass is 9.89. The molecule has 1 unspecified atom stereocenters. The van der Waals surface area contributed by atoms with Gasteiger partial charge in [-0.05, 0) is 63.2 Å². The predicted molar refractivity (Wildman–Crippen MR) is 134 cm³/mol. The van der Waals surface area contributed by atoms with E-state index < -0.39 is 0 Å². The Morgan fingerprint density at radius 2 is 1.16 bits per heavy atom. The fourth-order valence-electron chi connectivity index (χ4n) is 5.41. The van der Waals surface area contributed by atoms with Gasteiger partial charge >= 0.3 is 0 Å². The molecule has 7 rings (SSSR count). The number of hydrogen-bond acceptors (Lipinski definition) is 0. The van der Waals surface area contributed by atoms with Gasteiger partial charge in [0.15, 0.2) is 0 Å². The number of hydrogen-bond donors (Lipinski definition) is 1. The van der Waals surface area contributed by atoms with Gasteiger partial charge in [0, 0.05) is 27.7 Å². The molecule has 1 aromatic heterocycles. The van der Waals surface area contributed by atoms with E-state index in [9.17, 15) is 0 Å². The third-order valence-corrected chi connectivity index (χ3v) is 6.90. The van der Waals surface area contributed by atoms with Crippen LogP contribution in [0.1, 0.15) is 22.6 Å². The second-order valence-electron chi connectivity index (χ2n) is 8.66. The summed E-state index contributed by atoms with van der Waals surface area (Å²) < 4.78 is 0. The standard InChI is InChI=1S/C31H21N/c1-2-8-20(9-3-1)31-25-12-5-4-10-23(25)27-18-21(14-16-26(27)31)22-15-17-30-28(19-22)24-11-6-7-13-29(24)32-30/h1-19,31-32H. The molecule has 150 valence electrons. The lowest BCUT2D eigenvalue weighted by molar-refractivity contribution is 1.02. The third kappa shape index (κ3) is 2.52. The quantitative estimate of drug-likeness (QED) is 0.298. The second kappa shape index (κ2) is 6.70. The summed E-state index contributed by atoms with van der Waals surface area (Å²) in [6.45, 7) is 0. The van der Waals surface area contributed by atoms with Crippen LogP contribution in [0.15, 0.2) is 115 Å². The first-order valence-corrected chi connectivity index (χ1v) is 11.2. The highest BCUT2D eigenvalue weighted by atomic mass is 14.7. The number of aromatic nitrogens is 1. The van der Waals surface area contributed by atoms with Crippen LogP contribution < -0.4 is 0 Å².